The highest BCUT2D eigenvalue weighted by Crippen LogP contribution is 2.32. The fourth-order valence-corrected chi connectivity index (χ4v) is 3.52. The molecule has 0 radical (unpaired) electrons. The smallest absolute Gasteiger partial charge is 0.0505 e. The lowest BCUT2D eigenvalue weighted by Crippen LogP contribution is -2.43. The first-order valence-corrected chi connectivity index (χ1v) is 8.13. The van der Waals surface area contributed by atoms with Crippen molar-refractivity contribution in [2.45, 2.75) is 10.6 Å². The second kappa shape index (κ2) is 6.82. The number of thioether (sulfide) groups is 1. The highest BCUT2D eigenvalue weighted by molar-refractivity contribution is 7.98. The molecule has 0 unspecified atom stereocenters. The first kappa shape index (κ1) is 13.5. The number of nitrogens with zero attached hydrogens (tertiary/aromatic N) is 1. The summed E-state index contributed by atoms with van der Waals surface area (Å²) in [4.78, 5) is 3.88. The number of anilines is 1. The quantitative estimate of drug-likeness (QED) is 0.866. The molecular weight excluding hydrogens is 264 g/mol. The molecule has 2 aromatic carbocycles. The Morgan fingerprint density at radius 3 is 2.40 bits per heavy atom. The van der Waals surface area contributed by atoms with Crippen LogP contribution in [0.25, 0.3) is 0 Å². The molecular formula is C17H20N2S. The van der Waals surface area contributed by atoms with Gasteiger partial charge >= 0.3 is 0 Å². The van der Waals surface area contributed by atoms with E-state index in [0.717, 1.165) is 31.9 Å². The van der Waals surface area contributed by atoms with Crippen LogP contribution in [0.15, 0.2) is 59.5 Å². The minimum Gasteiger partial charge on any atom is -0.368 e. The predicted molar refractivity (Wildman–Crippen MR) is 87.5 cm³/mol. The van der Waals surface area contributed by atoms with Gasteiger partial charge in [0.15, 0.2) is 0 Å². The van der Waals surface area contributed by atoms with Crippen LogP contribution in [0.4, 0.5) is 5.69 Å². The maximum absolute atomic E-state index is 3.41. The number of piperazine rings is 1. The van der Waals surface area contributed by atoms with Gasteiger partial charge in [0.05, 0.1) is 5.69 Å². The van der Waals surface area contributed by atoms with E-state index in [4.69, 9.17) is 0 Å². The van der Waals surface area contributed by atoms with E-state index in [1.807, 2.05) is 11.8 Å². The summed E-state index contributed by atoms with van der Waals surface area (Å²) < 4.78 is 0. The van der Waals surface area contributed by atoms with Gasteiger partial charge in [-0.15, -0.1) is 11.8 Å². The van der Waals surface area contributed by atoms with Crippen LogP contribution >= 0.6 is 11.8 Å². The van der Waals surface area contributed by atoms with Crippen molar-refractivity contribution in [1.29, 1.82) is 0 Å². The van der Waals surface area contributed by atoms with Crippen LogP contribution < -0.4 is 10.2 Å². The molecule has 1 fully saturated rings. The molecule has 0 saturated carbocycles. The summed E-state index contributed by atoms with van der Waals surface area (Å²) in [7, 11) is 0. The minimum absolute atomic E-state index is 1.03. The lowest BCUT2D eigenvalue weighted by atomic mass is 10.2. The molecule has 0 atom stereocenters. The van der Waals surface area contributed by atoms with Crippen molar-refractivity contribution in [3.63, 3.8) is 0 Å². The Hall–Kier alpha value is -1.45. The van der Waals surface area contributed by atoms with Crippen LogP contribution in [0.3, 0.4) is 0 Å². The van der Waals surface area contributed by atoms with Crippen molar-refractivity contribution >= 4 is 17.4 Å². The van der Waals surface area contributed by atoms with E-state index in [2.05, 4.69) is 64.8 Å². The number of rotatable bonds is 4. The van der Waals surface area contributed by atoms with Crippen molar-refractivity contribution in [3.05, 3.63) is 60.2 Å². The lowest BCUT2D eigenvalue weighted by Gasteiger charge is -2.31. The Bertz CT molecular complexity index is 536. The summed E-state index contributed by atoms with van der Waals surface area (Å²) in [6.07, 6.45) is 0. The third-order valence-electron chi connectivity index (χ3n) is 3.56. The van der Waals surface area contributed by atoms with Gasteiger partial charge in [-0.05, 0) is 17.7 Å². The normalized spacial score (nSPS) is 15.3. The molecule has 0 amide bonds. The molecule has 2 aromatic rings. The summed E-state index contributed by atoms with van der Waals surface area (Å²) in [5, 5.41) is 3.41. The van der Waals surface area contributed by atoms with Gasteiger partial charge in [-0.3, -0.25) is 0 Å². The van der Waals surface area contributed by atoms with Gasteiger partial charge in [0.2, 0.25) is 0 Å². The standard InChI is InChI=1S/C17H20N2S/c1-2-6-15(7-3-1)14-20-17-9-5-4-8-16(17)19-12-10-18-11-13-19/h1-9,18H,10-14H2. The zero-order valence-electron chi connectivity index (χ0n) is 11.6. The molecule has 0 aromatic heterocycles. The van der Waals surface area contributed by atoms with Crippen molar-refractivity contribution in [2.24, 2.45) is 0 Å². The summed E-state index contributed by atoms with van der Waals surface area (Å²) >= 11 is 1.93. The molecule has 20 heavy (non-hydrogen) atoms. The molecule has 1 saturated heterocycles. The first-order valence-electron chi connectivity index (χ1n) is 7.15. The number of nitrogens with one attached hydrogen (secondary N) is 1. The Kier molecular flexibility index (Phi) is 4.61. The molecule has 0 bridgehead atoms. The molecule has 104 valence electrons. The van der Waals surface area contributed by atoms with Gasteiger partial charge in [-0.1, -0.05) is 42.5 Å². The molecule has 1 heterocycles. The van der Waals surface area contributed by atoms with Crippen LogP contribution in [-0.2, 0) is 5.75 Å². The van der Waals surface area contributed by atoms with Crippen molar-refractivity contribution in [1.82, 2.24) is 5.32 Å². The number of hydrogen-bond donors (Lipinski definition) is 1. The third kappa shape index (κ3) is 3.35. The topological polar surface area (TPSA) is 15.3 Å². The number of hydrogen-bond acceptors (Lipinski definition) is 3. The minimum atomic E-state index is 1.03. The second-order valence-electron chi connectivity index (χ2n) is 4.98. The van der Waals surface area contributed by atoms with E-state index in [0.29, 0.717) is 0 Å². The number of benzene rings is 2. The van der Waals surface area contributed by atoms with Crippen LogP contribution in [0.1, 0.15) is 5.56 Å². The van der Waals surface area contributed by atoms with E-state index in [1.165, 1.54) is 16.1 Å². The largest absolute Gasteiger partial charge is 0.368 e. The van der Waals surface area contributed by atoms with Gasteiger partial charge < -0.3 is 10.2 Å². The number of para-hydroxylation sites is 1. The molecule has 1 aliphatic heterocycles. The highest BCUT2D eigenvalue weighted by Gasteiger charge is 2.13. The summed E-state index contributed by atoms with van der Waals surface area (Å²) in [6, 6.07) is 19.5. The Balaban J connectivity index is 1.72. The fraction of sp³-hybridized carbons (Fsp3) is 0.294. The predicted octanol–water partition coefficient (Wildman–Crippen LogP) is 3.39. The summed E-state index contributed by atoms with van der Waals surface area (Å²) in [6.45, 7) is 4.36. The summed E-state index contributed by atoms with van der Waals surface area (Å²) in [5.74, 6) is 1.03. The second-order valence-corrected chi connectivity index (χ2v) is 6.00. The zero-order chi connectivity index (χ0) is 13.6. The van der Waals surface area contributed by atoms with Gasteiger partial charge in [0.25, 0.3) is 0 Å². The van der Waals surface area contributed by atoms with E-state index in [-0.39, 0.29) is 0 Å². The molecule has 3 rings (SSSR count). The van der Waals surface area contributed by atoms with Crippen LogP contribution in [0, 0.1) is 0 Å². The first-order chi connectivity index (χ1) is 9.93. The molecule has 1 aliphatic rings. The van der Waals surface area contributed by atoms with Gasteiger partial charge in [-0.25, -0.2) is 0 Å². The van der Waals surface area contributed by atoms with Crippen molar-refractivity contribution in [3.8, 4) is 0 Å². The van der Waals surface area contributed by atoms with E-state index >= 15 is 0 Å². The Morgan fingerprint density at radius 2 is 1.60 bits per heavy atom. The Morgan fingerprint density at radius 1 is 0.900 bits per heavy atom. The Labute approximate surface area is 125 Å². The van der Waals surface area contributed by atoms with Crippen molar-refractivity contribution in [2.75, 3.05) is 31.1 Å². The van der Waals surface area contributed by atoms with Gasteiger partial charge in [0, 0.05) is 36.8 Å². The average Bonchev–Trinajstić information content (AvgIpc) is 2.55. The van der Waals surface area contributed by atoms with Crippen LogP contribution in [0.5, 0.6) is 0 Å². The molecule has 3 heteroatoms. The molecule has 1 N–H and O–H groups in total. The maximum atomic E-state index is 3.41. The van der Waals surface area contributed by atoms with E-state index < -0.39 is 0 Å². The molecule has 2 nitrogen and oxygen atoms in total. The monoisotopic (exact) mass is 284 g/mol. The van der Waals surface area contributed by atoms with Crippen LogP contribution in [0.2, 0.25) is 0 Å². The van der Waals surface area contributed by atoms with Crippen LogP contribution in [-0.4, -0.2) is 26.2 Å². The maximum Gasteiger partial charge on any atom is 0.0505 e. The molecule has 0 spiro atoms. The van der Waals surface area contributed by atoms with Gasteiger partial charge in [0.1, 0.15) is 0 Å². The third-order valence-corrected chi connectivity index (χ3v) is 4.69. The highest BCUT2D eigenvalue weighted by atomic mass is 32.2. The SMILES string of the molecule is c1ccc(CSc2ccccc2N2CCNCC2)cc1. The lowest BCUT2D eigenvalue weighted by molar-refractivity contribution is 0.587. The summed E-state index contributed by atoms with van der Waals surface area (Å²) in [5.41, 5.74) is 2.77. The van der Waals surface area contributed by atoms with E-state index in [9.17, 15) is 0 Å². The van der Waals surface area contributed by atoms with E-state index in [1.54, 1.807) is 0 Å². The zero-order valence-corrected chi connectivity index (χ0v) is 12.4. The van der Waals surface area contributed by atoms with Gasteiger partial charge in [-0.2, -0.15) is 0 Å². The fourth-order valence-electron chi connectivity index (χ4n) is 2.48. The van der Waals surface area contributed by atoms with Crippen molar-refractivity contribution < 1.29 is 0 Å². The average molecular weight is 284 g/mol. The molecule has 0 aliphatic carbocycles.